The molecule has 1 heterocycles. The number of benzene rings is 2. The maximum absolute atomic E-state index is 13.6. The van der Waals surface area contributed by atoms with Crippen LogP contribution >= 0.6 is 0 Å². The highest BCUT2D eigenvalue weighted by atomic mass is 32.2. The lowest BCUT2D eigenvalue weighted by molar-refractivity contribution is -0.134. The first-order chi connectivity index (χ1) is 16.2. The van der Waals surface area contributed by atoms with E-state index in [-0.39, 0.29) is 68.1 Å². The van der Waals surface area contributed by atoms with Crippen molar-refractivity contribution >= 4 is 21.8 Å². The van der Waals surface area contributed by atoms with Gasteiger partial charge in [0.15, 0.2) is 11.6 Å². The van der Waals surface area contributed by atoms with Gasteiger partial charge in [-0.25, -0.2) is 17.2 Å². The first-order valence-electron chi connectivity index (χ1n) is 10.9. The van der Waals surface area contributed by atoms with Crippen LogP contribution in [0.3, 0.4) is 0 Å². The Morgan fingerprint density at radius 3 is 2.35 bits per heavy atom. The molecule has 1 aliphatic heterocycles. The van der Waals surface area contributed by atoms with Crippen molar-refractivity contribution in [2.75, 3.05) is 32.8 Å². The third-order valence-electron chi connectivity index (χ3n) is 5.33. The minimum Gasteiger partial charge on any atom is -0.488 e. The fraction of sp³-hybridized carbons (Fsp3) is 0.391. The van der Waals surface area contributed by atoms with E-state index in [0.29, 0.717) is 6.07 Å². The first kappa shape index (κ1) is 25.6. The van der Waals surface area contributed by atoms with Crippen molar-refractivity contribution in [3.05, 3.63) is 60.2 Å². The van der Waals surface area contributed by atoms with Gasteiger partial charge in [-0.1, -0.05) is 18.2 Å². The number of hydrogen-bond acceptors (Lipinski definition) is 5. The Hall–Kier alpha value is -3.05. The van der Waals surface area contributed by atoms with Crippen molar-refractivity contribution in [2.45, 2.75) is 30.7 Å². The molecule has 1 aliphatic rings. The smallest absolute Gasteiger partial charge is 0.243 e. The van der Waals surface area contributed by atoms with E-state index in [0.717, 1.165) is 6.07 Å². The molecule has 0 aromatic heterocycles. The van der Waals surface area contributed by atoms with E-state index < -0.39 is 27.7 Å². The average Bonchev–Trinajstić information content (AvgIpc) is 2.82. The van der Waals surface area contributed by atoms with Gasteiger partial charge in [0, 0.05) is 45.1 Å². The second-order valence-corrected chi connectivity index (χ2v) is 9.89. The van der Waals surface area contributed by atoms with Gasteiger partial charge >= 0.3 is 0 Å². The molecular formula is C23H27F2N3O5S. The van der Waals surface area contributed by atoms with Crippen LogP contribution in [0.25, 0.3) is 0 Å². The highest BCUT2D eigenvalue weighted by Gasteiger charge is 2.30. The Labute approximate surface area is 197 Å². The van der Waals surface area contributed by atoms with E-state index >= 15 is 0 Å². The van der Waals surface area contributed by atoms with Crippen LogP contribution in [0.2, 0.25) is 0 Å². The number of amides is 2. The number of sulfonamides is 1. The molecule has 1 unspecified atom stereocenters. The molecule has 1 atom stereocenters. The molecule has 0 aliphatic carbocycles. The van der Waals surface area contributed by atoms with Crippen molar-refractivity contribution in [2.24, 2.45) is 0 Å². The zero-order valence-electron chi connectivity index (χ0n) is 18.7. The normalized spacial score (nSPS) is 15.6. The van der Waals surface area contributed by atoms with Crippen molar-refractivity contribution in [1.29, 1.82) is 0 Å². The van der Waals surface area contributed by atoms with Gasteiger partial charge in [0.2, 0.25) is 21.8 Å². The Morgan fingerprint density at radius 1 is 1.03 bits per heavy atom. The van der Waals surface area contributed by atoms with E-state index in [1.807, 2.05) is 0 Å². The molecule has 1 saturated heterocycles. The van der Waals surface area contributed by atoms with Gasteiger partial charge in [-0.2, -0.15) is 4.31 Å². The molecule has 0 radical (unpaired) electrons. The minimum absolute atomic E-state index is 0.0164. The highest BCUT2D eigenvalue weighted by Crippen LogP contribution is 2.19. The number of rotatable bonds is 9. The number of ether oxygens (including phenoxy) is 1. The summed E-state index contributed by atoms with van der Waals surface area (Å²) in [5.41, 5.74) is 0. The number of piperazine rings is 1. The molecule has 2 aromatic carbocycles. The zero-order valence-corrected chi connectivity index (χ0v) is 19.6. The fourth-order valence-corrected chi connectivity index (χ4v) is 4.94. The molecule has 11 heteroatoms. The fourth-order valence-electron chi connectivity index (χ4n) is 3.49. The molecule has 0 saturated carbocycles. The Morgan fingerprint density at radius 2 is 1.71 bits per heavy atom. The van der Waals surface area contributed by atoms with Crippen LogP contribution in [-0.2, 0) is 19.6 Å². The van der Waals surface area contributed by atoms with E-state index in [9.17, 15) is 26.8 Å². The lowest BCUT2D eigenvalue weighted by Gasteiger charge is -2.34. The monoisotopic (exact) mass is 495 g/mol. The number of halogens is 2. The lowest BCUT2D eigenvalue weighted by atomic mass is 10.2. The summed E-state index contributed by atoms with van der Waals surface area (Å²) in [6.07, 6.45) is -0.0615. The van der Waals surface area contributed by atoms with Crippen molar-refractivity contribution in [3.63, 3.8) is 0 Å². The summed E-state index contributed by atoms with van der Waals surface area (Å²) >= 11 is 0. The number of nitrogens with one attached hydrogen (secondary N) is 1. The summed E-state index contributed by atoms with van der Waals surface area (Å²) in [6, 6.07) is 10.6. The van der Waals surface area contributed by atoms with Gasteiger partial charge in [0.05, 0.1) is 10.9 Å². The van der Waals surface area contributed by atoms with Gasteiger partial charge in [0.25, 0.3) is 0 Å². The summed E-state index contributed by atoms with van der Waals surface area (Å²) in [7, 11) is -3.60. The Bertz CT molecular complexity index is 1110. The minimum atomic E-state index is -3.60. The summed E-state index contributed by atoms with van der Waals surface area (Å²) in [5.74, 6) is -2.26. The molecule has 8 nitrogen and oxygen atoms in total. The molecule has 1 fully saturated rings. The van der Waals surface area contributed by atoms with Gasteiger partial charge in [-0.3, -0.25) is 9.59 Å². The summed E-state index contributed by atoms with van der Waals surface area (Å²) in [5, 5.41) is 2.67. The predicted molar refractivity (Wildman–Crippen MR) is 120 cm³/mol. The topological polar surface area (TPSA) is 96.0 Å². The third kappa shape index (κ3) is 6.73. The summed E-state index contributed by atoms with van der Waals surface area (Å²) in [4.78, 5) is 26.4. The number of hydrogen-bond donors (Lipinski definition) is 1. The highest BCUT2D eigenvalue weighted by molar-refractivity contribution is 7.89. The number of carbonyl (C=O) groups is 2. The maximum atomic E-state index is 13.6. The van der Waals surface area contributed by atoms with Gasteiger partial charge in [-0.15, -0.1) is 0 Å². The largest absolute Gasteiger partial charge is 0.488 e. The van der Waals surface area contributed by atoms with Crippen molar-refractivity contribution in [3.8, 4) is 5.75 Å². The van der Waals surface area contributed by atoms with Crippen molar-refractivity contribution < 1.29 is 31.5 Å². The summed E-state index contributed by atoms with van der Waals surface area (Å²) < 4.78 is 58.5. The number of carbonyl (C=O) groups excluding carboxylic acids is 2. The standard InChI is InChI=1S/C23H27F2N3O5S/c1-17(16-33-21-8-7-18(24)15-20(21)25)26-22(29)9-10-23(30)27-11-13-28(14-12-27)34(31,32)19-5-3-2-4-6-19/h2-8,15,17H,9-14,16H2,1H3,(H,26,29). The molecule has 3 rings (SSSR count). The molecule has 34 heavy (non-hydrogen) atoms. The van der Waals surface area contributed by atoms with Gasteiger partial charge in [-0.05, 0) is 31.2 Å². The zero-order chi connectivity index (χ0) is 24.7. The van der Waals surface area contributed by atoms with Crippen LogP contribution in [0.15, 0.2) is 53.4 Å². The van der Waals surface area contributed by atoms with Crippen LogP contribution in [0.1, 0.15) is 19.8 Å². The second kappa shape index (κ2) is 11.4. The van der Waals surface area contributed by atoms with Crippen LogP contribution in [0, 0.1) is 11.6 Å². The SMILES string of the molecule is CC(COc1ccc(F)cc1F)NC(=O)CCC(=O)N1CCN(S(=O)(=O)c2ccccc2)CC1. The number of nitrogens with zero attached hydrogens (tertiary/aromatic N) is 2. The molecule has 1 N–H and O–H groups in total. The second-order valence-electron chi connectivity index (χ2n) is 7.95. The van der Waals surface area contributed by atoms with Crippen LogP contribution < -0.4 is 10.1 Å². The van der Waals surface area contributed by atoms with Gasteiger partial charge in [0.1, 0.15) is 12.4 Å². The Kier molecular flexibility index (Phi) is 8.56. The molecule has 184 valence electrons. The van der Waals surface area contributed by atoms with Crippen LogP contribution in [0.5, 0.6) is 5.75 Å². The van der Waals surface area contributed by atoms with Crippen molar-refractivity contribution in [1.82, 2.24) is 14.5 Å². The average molecular weight is 496 g/mol. The molecule has 0 spiro atoms. The quantitative estimate of drug-likeness (QED) is 0.575. The Balaban J connectivity index is 1.38. The molecule has 2 amide bonds. The molecule has 2 aromatic rings. The van der Waals surface area contributed by atoms with E-state index in [2.05, 4.69) is 5.32 Å². The lowest BCUT2D eigenvalue weighted by Crippen LogP contribution is -2.50. The first-order valence-corrected chi connectivity index (χ1v) is 12.3. The molecular weight excluding hydrogens is 468 g/mol. The van der Waals surface area contributed by atoms with Crippen LogP contribution in [-0.4, -0.2) is 68.3 Å². The third-order valence-corrected chi connectivity index (χ3v) is 7.24. The van der Waals surface area contributed by atoms with Gasteiger partial charge < -0.3 is 15.0 Å². The summed E-state index contributed by atoms with van der Waals surface area (Å²) in [6.45, 7) is 2.50. The van der Waals surface area contributed by atoms with Crippen LogP contribution in [0.4, 0.5) is 8.78 Å². The van der Waals surface area contributed by atoms with E-state index in [4.69, 9.17) is 4.74 Å². The van der Waals surface area contributed by atoms with E-state index in [1.165, 1.54) is 22.5 Å². The maximum Gasteiger partial charge on any atom is 0.243 e. The molecule has 0 bridgehead atoms. The predicted octanol–water partition coefficient (Wildman–Crippen LogP) is 2.16. The van der Waals surface area contributed by atoms with E-state index in [1.54, 1.807) is 30.0 Å².